The number of pyridine rings is 1. The van der Waals surface area contributed by atoms with Crippen molar-refractivity contribution in [3.8, 4) is 11.3 Å². The van der Waals surface area contributed by atoms with Gasteiger partial charge in [-0.2, -0.15) is 0 Å². The summed E-state index contributed by atoms with van der Waals surface area (Å²) in [4.78, 5) is 4.76. The van der Waals surface area contributed by atoms with Gasteiger partial charge in [-0.05, 0) is 45.4 Å². The van der Waals surface area contributed by atoms with E-state index in [2.05, 4.69) is 40.0 Å². The van der Waals surface area contributed by atoms with Crippen molar-refractivity contribution >= 4 is 21.9 Å². The van der Waals surface area contributed by atoms with Crippen LogP contribution in [0.5, 0.6) is 0 Å². The zero-order valence-electron chi connectivity index (χ0n) is 15.8. The summed E-state index contributed by atoms with van der Waals surface area (Å²) < 4.78 is 4.03. The van der Waals surface area contributed by atoms with Gasteiger partial charge in [0.25, 0.3) is 0 Å². The Morgan fingerprint density at radius 2 is 1.92 bits per heavy atom. The third-order valence-corrected chi connectivity index (χ3v) is 4.99. The fraction of sp³-hybridized carbons (Fsp3) is 0.350. The summed E-state index contributed by atoms with van der Waals surface area (Å²) in [6.07, 6.45) is 1.89. The molecule has 1 aromatic carbocycles. The molecule has 0 amide bonds. The quantitative estimate of drug-likeness (QED) is 0.614. The number of hydrogen-bond acceptors (Lipinski definition) is 4. The van der Waals surface area contributed by atoms with Crippen LogP contribution in [0.1, 0.15) is 32.0 Å². The van der Waals surface area contributed by atoms with Crippen LogP contribution in [0, 0.1) is 6.92 Å². The van der Waals surface area contributed by atoms with E-state index in [1.54, 1.807) is 4.68 Å². The van der Waals surface area contributed by atoms with E-state index in [0.29, 0.717) is 0 Å². The largest absolute Gasteiger partial charge is 0.386 e. The SMILES string of the molecule is CCn1c2cc(C(C)(C)O)ccc2c2ncc(-c3c(C)nnn3C)cc21. The van der Waals surface area contributed by atoms with Gasteiger partial charge in [0.2, 0.25) is 0 Å². The van der Waals surface area contributed by atoms with E-state index in [1.165, 1.54) is 0 Å². The van der Waals surface area contributed by atoms with Gasteiger partial charge in [0.15, 0.2) is 0 Å². The molecule has 1 N–H and O–H groups in total. The Labute approximate surface area is 152 Å². The number of aryl methyl sites for hydroxylation is 3. The fourth-order valence-electron chi connectivity index (χ4n) is 3.66. The number of aliphatic hydroxyl groups is 1. The first kappa shape index (κ1) is 16.7. The zero-order chi connectivity index (χ0) is 18.6. The second kappa shape index (κ2) is 5.64. The van der Waals surface area contributed by atoms with Gasteiger partial charge < -0.3 is 9.67 Å². The smallest absolute Gasteiger partial charge is 0.0960 e. The molecule has 0 aliphatic carbocycles. The highest BCUT2D eigenvalue weighted by atomic mass is 16.3. The van der Waals surface area contributed by atoms with Crippen LogP contribution < -0.4 is 0 Å². The Kier molecular flexibility index (Phi) is 3.63. The Morgan fingerprint density at radius 1 is 1.15 bits per heavy atom. The van der Waals surface area contributed by atoms with E-state index >= 15 is 0 Å². The molecule has 0 saturated heterocycles. The van der Waals surface area contributed by atoms with Crippen molar-refractivity contribution in [1.29, 1.82) is 0 Å². The van der Waals surface area contributed by atoms with Crippen molar-refractivity contribution in [3.63, 3.8) is 0 Å². The molecule has 0 aliphatic heterocycles. The van der Waals surface area contributed by atoms with Crippen LogP contribution in [0.15, 0.2) is 30.5 Å². The number of benzene rings is 1. The van der Waals surface area contributed by atoms with Crippen LogP contribution in [-0.2, 0) is 19.2 Å². The topological polar surface area (TPSA) is 68.8 Å². The lowest BCUT2D eigenvalue weighted by molar-refractivity contribution is 0.0787. The maximum atomic E-state index is 10.4. The molecule has 4 rings (SSSR count). The number of aromatic nitrogens is 5. The van der Waals surface area contributed by atoms with Crippen molar-refractivity contribution in [2.45, 2.75) is 39.8 Å². The Bertz CT molecular complexity index is 1110. The molecule has 0 fully saturated rings. The molecule has 0 radical (unpaired) electrons. The molecule has 134 valence electrons. The summed E-state index contributed by atoms with van der Waals surface area (Å²) in [7, 11) is 1.89. The lowest BCUT2D eigenvalue weighted by Crippen LogP contribution is -2.15. The van der Waals surface area contributed by atoms with Crippen molar-refractivity contribution in [2.24, 2.45) is 7.05 Å². The molecule has 0 unspecified atom stereocenters. The number of hydrogen-bond donors (Lipinski definition) is 1. The van der Waals surface area contributed by atoms with Crippen LogP contribution in [-0.4, -0.2) is 29.7 Å². The number of nitrogens with zero attached hydrogens (tertiary/aromatic N) is 5. The van der Waals surface area contributed by atoms with Crippen LogP contribution in [0.2, 0.25) is 0 Å². The molecule has 6 nitrogen and oxygen atoms in total. The standard InChI is InChI=1S/C20H23N5O/c1-6-25-16-10-14(20(3,4)26)7-8-15(16)18-17(25)9-13(11-21-18)19-12(2)22-23-24(19)5/h7-11,26H,6H2,1-5H3. The molecule has 0 spiro atoms. The highest BCUT2D eigenvalue weighted by molar-refractivity contribution is 6.06. The lowest BCUT2D eigenvalue weighted by Gasteiger charge is -2.18. The summed E-state index contributed by atoms with van der Waals surface area (Å²) in [5.74, 6) is 0. The Balaban J connectivity index is 2.03. The summed E-state index contributed by atoms with van der Waals surface area (Å²) in [5.41, 5.74) is 6.03. The Hall–Kier alpha value is -2.73. The Morgan fingerprint density at radius 3 is 2.54 bits per heavy atom. The van der Waals surface area contributed by atoms with Crippen LogP contribution >= 0.6 is 0 Å². The minimum Gasteiger partial charge on any atom is -0.386 e. The molecule has 4 aromatic rings. The first-order valence-corrected chi connectivity index (χ1v) is 8.82. The summed E-state index contributed by atoms with van der Waals surface area (Å²) in [6.45, 7) is 8.52. The van der Waals surface area contributed by atoms with Crippen LogP contribution in [0.4, 0.5) is 0 Å². The molecule has 0 aliphatic rings. The van der Waals surface area contributed by atoms with Gasteiger partial charge in [0.05, 0.1) is 33.5 Å². The lowest BCUT2D eigenvalue weighted by atomic mass is 9.97. The second-order valence-electron chi connectivity index (χ2n) is 7.27. The van der Waals surface area contributed by atoms with E-state index in [4.69, 9.17) is 4.98 Å². The first-order valence-electron chi connectivity index (χ1n) is 8.82. The second-order valence-corrected chi connectivity index (χ2v) is 7.27. The van der Waals surface area contributed by atoms with E-state index < -0.39 is 5.60 Å². The third kappa shape index (κ3) is 2.41. The average molecular weight is 349 g/mol. The predicted octanol–water partition coefficient (Wildman–Crippen LogP) is 3.54. The molecule has 3 aromatic heterocycles. The van der Waals surface area contributed by atoms with Gasteiger partial charge >= 0.3 is 0 Å². The molecule has 0 atom stereocenters. The van der Waals surface area contributed by atoms with E-state index in [1.807, 2.05) is 40.1 Å². The zero-order valence-corrected chi connectivity index (χ0v) is 15.8. The molecular weight excluding hydrogens is 326 g/mol. The number of fused-ring (bicyclic) bond motifs is 3. The van der Waals surface area contributed by atoms with Crippen LogP contribution in [0.3, 0.4) is 0 Å². The maximum Gasteiger partial charge on any atom is 0.0960 e. The van der Waals surface area contributed by atoms with Gasteiger partial charge in [-0.25, -0.2) is 4.68 Å². The highest BCUT2D eigenvalue weighted by Gasteiger charge is 2.20. The van der Waals surface area contributed by atoms with Crippen molar-refractivity contribution < 1.29 is 5.11 Å². The van der Waals surface area contributed by atoms with Crippen molar-refractivity contribution in [3.05, 3.63) is 41.7 Å². The summed E-state index contributed by atoms with van der Waals surface area (Å²) in [5, 5.41) is 19.7. The highest BCUT2D eigenvalue weighted by Crippen LogP contribution is 2.33. The minimum absolute atomic E-state index is 0.822. The first-order chi connectivity index (χ1) is 12.3. The minimum atomic E-state index is -0.876. The predicted molar refractivity (Wildman–Crippen MR) is 103 cm³/mol. The van der Waals surface area contributed by atoms with Gasteiger partial charge in [0, 0.05) is 30.7 Å². The summed E-state index contributed by atoms with van der Waals surface area (Å²) in [6, 6.07) is 8.26. The average Bonchev–Trinajstić information content (AvgIpc) is 3.09. The summed E-state index contributed by atoms with van der Waals surface area (Å²) >= 11 is 0. The third-order valence-electron chi connectivity index (χ3n) is 4.99. The molecule has 26 heavy (non-hydrogen) atoms. The number of rotatable bonds is 3. The normalized spacial score (nSPS) is 12.4. The fourth-order valence-corrected chi connectivity index (χ4v) is 3.66. The molecule has 6 heteroatoms. The van der Waals surface area contributed by atoms with Gasteiger partial charge in [0.1, 0.15) is 0 Å². The van der Waals surface area contributed by atoms with E-state index in [9.17, 15) is 5.11 Å². The van der Waals surface area contributed by atoms with E-state index in [0.717, 1.165) is 51.0 Å². The van der Waals surface area contributed by atoms with Gasteiger partial charge in [-0.1, -0.05) is 17.3 Å². The van der Waals surface area contributed by atoms with Crippen molar-refractivity contribution in [1.82, 2.24) is 24.5 Å². The van der Waals surface area contributed by atoms with Gasteiger partial charge in [-0.15, -0.1) is 5.10 Å². The molecular formula is C20H23N5O. The van der Waals surface area contributed by atoms with Gasteiger partial charge in [-0.3, -0.25) is 4.98 Å². The molecule has 0 saturated carbocycles. The molecule has 3 heterocycles. The van der Waals surface area contributed by atoms with Crippen LogP contribution in [0.25, 0.3) is 33.2 Å². The monoisotopic (exact) mass is 349 g/mol. The van der Waals surface area contributed by atoms with E-state index in [-0.39, 0.29) is 0 Å². The molecule has 0 bridgehead atoms. The van der Waals surface area contributed by atoms with Crippen molar-refractivity contribution in [2.75, 3.05) is 0 Å². The maximum absolute atomic E-state index is 10.4.